The molecule has 51 heavy (non-hydrogen) atoms. The fourth-order valence-electron chi connectivity index (χ4n) is 7.76. The zero-order valence-corrected chi connectivity index (χ0v) is 29.2. The van der Waals surface area contributed by atoms with Crippen molar-refractivity contribution in [1.29, 1.82) is 0 Å². The van der Waals surface area contributed by atoms with Gasteiger partial charge in [0.2, 0.25) is 11.8 Å². The fourth-order valence-corrected chi connectivity index (χ4v) is 7.76. The third-order valence-electron chi connectivity index (χ3n) is 10.9. The number of ether oxygens (including phenoxy) is 2. The maximum atomic E-state index is 12.8. The molecular formula is C38H43N7O6. The number of nitrogens with one attached hydrogen (secondary N) is 2. The van der Waals surface area contributed by atoms with Crippen LogP contribution in [0.25, 0.3) is 21.9 Å². The predicted molar refractivity (Wildman–Crippen MR) is 192 cm³/mol. The second-order valence-corrected chi connectivity index (χ2v) is 13.9. The number of imide groups is 1. The number of hydrogen-bond acceptors (Lipinski definition) is 10. The summed E-state index contributed by atoms with van der Waals surface area (Å²) in [7, 11) is 5.12. The summed E-state index contributed by atoms with van der Waals surface area (Å²) >= 11 is 0. The van der Waals surface area contributed by atoms with Crippen molar-refractivity contribution in [3.63, 3.8) is 0 Å². The van der Waals surface area contributed by atoms with E-state index in [0.717, 1.165) is 91.1 Å². The van der Waals surface area contributed by atoms with E-state index in [1.165, 1.54) is 0 Å². The first-order valence-corrected chi connectivity index (χ1v) is 17.4. The van der Waals surface area contributed by atoms with Gasteiger partial charge in [0.15, 0.2) is 0 Å². The van der Waals surface area contributed by atoms with Gasteiger partial charge in [0, 0.05) is 57.3 Å². The molecule has 13 heteroatoms. The minimum absolute atomic E-state index is 0.0899. The van der Waals surface area contributed by atoms with Crippen molar-refractivity contribution in [2.45, 2.75) is 51.1 Å². The Morgan fingerprint density at radius 3 is 2.31 bits per heavy atom. The second kappa shape index (κ2) is 14.1. The van der Waals surface area contributed by atoms with Crippen LogP contribution in [0.15, 0.2) is 59.9 Å². The van der Waals surface area contributed by atoms with Gasteiger partial charge in [0.25, 0.3) is 11.5 Å². The highest BCUT2D eigenvalue weighted by Gasteiger charge is 2.38. The normalized spacial score (nSPS) is 19.2. The van der Waals surface area contributed by atoms with Crippen molar-refractivity contribution in [2.75, 3.05) is 45.3 Å². The number of likely N-dealkylation sites (tertiary alicyclic amines) is 1. The standard InChI is InChI=1S/C38H43N7O6/c1-43-22-28(26-8-13-39-21-27(26)37(43)49)24-18-32(50-2)29(33(19-24)51-3)23-44-14-9-38(10-15-44)11-16-45(17-12-38)25-4-5-30(40-20-25)35(47)41-31-6-7-34(46)42-36(31)48/h4-5,8,13,18-22,31H,6-7,9-12,14-17,23H2,1-3H3,(H,41,47)(H,42,46,48). The topological polar surface area (TPSA) is 148 Å². The van der Waals surface area contributed by atoms with Gasteiger partial charge in [-0.2, -0.15) is 0 Å². The summed E-state index contributed by atoms with van der Waals surface area (Å²) in [6, 6.07) is 8.81. The molecule has 0 radical (unpaired) electrons. The average molecular weight is 694 g/mol. The summed E-state index contributed by atoms with van der Waals surface area (Å²) in [5.41, 5.74) is 4.24. The zero-order chi connectivity index (χ0) is 35.7. The number of fused-ring (bicyclic) bond motifs is 1. The monoisotopic (exact) mass is 693 g/mol. The molecule has 7 rings (SSSR count). The molecule has 3 aliphatic rings. The smallest absolute Gasteiger partial charge is 0.270 e. The van der Waals surface area contributed by atoms with Crippen molar-refractivity contribution in [2.24, 2.45) is 12.5 Å². The Morgan fingerprint density at radius 2 is 1.67 bits per heavy atom. The quantitative estimate of drug-likeness (QED) is 0.263. The maximum absolute atomic E-state index is 12.8. The van der Waals surface area contributed by atoms with E-state index in [0.29, 0.717) is 17.3 Å². The number of amides is 3. The highest BCUT2D eigenvalue weighted by atomic mass is 16.5. The lowest BCUT2D eigenvalue weighted by Crippen LogP contribution is -2.52. The van der Waals surface area contributed by atoms with Crippen LogP contribution >= 0.6 is 0 Å². The average Bonchev–Trinajstić information content (AvgIpc) is 3.15. The van der Waals surface area contributed by atoms with Crippen molar-refractivity contribution in [3.8, 4) is 22.6 Å². The summed E-state index contributed by atoms with van der Waals surface area (Å²) in [6.45, 7) is 4.50. The number of piperidine rings is 3. The number of hydrogen-bond donors (Lipinski definition) is 2. The van der Waals surface area contributed by atoms with Gasteiger partial charge in [0.1, 0.15) is 23.2 Å². The van der Waals surface area contributed by atoms with E-state index < -0.39 is 17.9 Å². The van der Waals surface area contributed by atoms with Gasteiger partial charge in [0.05, 0.1) is 37.1 Å². The molecule has 1 unspecified atom stereocenters. The van der Waals surface area contributed by atoms with Crippen LogP contribution in [0.3, 0.4) is 0 Å². The number of aryl methyl sites for hydroxylation is 1. The summed E-state index contributed by atoms with van der Waals surface area (Å²) in [4.78, 5) is 62.2. The van der Waals surface area contributed by atoms with E-state index in [4.69, 9.17) is 9.47 Å². The van der Waals surface area contributed by atoms with E-state index in [-0.39, 0.29) is 30.0 Å². The van der Waals surface area contributed by atoms with E-state index in [1.54, 1.807) is 50.5 Å². The molecule has 0 saturated carbocycles. The van der Waals surface area contributed by atoms with E-state index in [2.05, 4.69) is 30.4 Å². The van der Waals surface area contributed by atoms with Crippen LogP contribution in [0.1, 0.15) is 54.6 Å². The van der Waals surface area contributed by atoms with Crippen LogP contribution in [-0.2, 0) is 23.2 Å². The number of nitrogens with zero attached hydrogens (tertiary/aromatic N) is 5. The summed E-state index contributed by atoms with van der Waals surface area (Å²) < 4.78 is 13.5. The van der Waals surface area contributed by atoms with Gasteiger partial charge in [-0.15, -0.1) is 0 Å². The van der Waals surface area contributed by atoms with Crippen LogP contribution in [0, 0.1) is 5.41 Å². The number of aromatic nitrogens is 3. The molecule has 266 valence electrons. The van der Waals surface area contributed by atoms with Crippen molar-refractivity contribution >= 4 is 34.2 Å². The number of methoxy groups -OCH3 is 2. The molecule has 13 nitrogen and oxygen atoms in total. The Bertz CT molecular complexity index is 2000. The molecule has 1 spiro atoms. The Hall–Kier alpha value is -5.30. The van der Waals surface area contributed by atoms with Crippen LogP contribution in [-0.4, -0.2) is 83.6 Å². The zero-order valence-electron chi connectivity index (χ0n) is 29.2. The lowest BCUT2D eigenvalue weighted by Gasteiger charge is -2.47. The number of rotatable bonds is 8. The third kappa shape index (κ3) is 6.90. The van der Waals surface area contributed by atoms with Crippen LogP contribution in [0.2, 0.25) is 0 Å². The van der Waals surface area contributed by atoms with Gasteiger partial charge < -0.3 is 24.3 Å². The molecule has 3 amide bonds. The Labute approximate surface area is 296 Å². The van der Waals surface area contributed by atoms with Crippen LogP contribution in [0.4, 0.5) is 5.69 Å². The molecule has 3 saturated heterocycles. The lowest BCUT2D eigenvalue weighted by molar-refractivity contribution is -0.134. The highest BCUT2D eigenvalue weighted by molar-refractivity contribution is 6.03. The molecule has 2 N–H and O–H groups in total. The molecule has 0 aliphatic carbocycles. The molecule has 1 aromatic carbocycles. The van der Waals surface area contributed by atoms with Gasteiger partial charge in [-0.25, -0.2) is 4.98 Å². The van der Waals surface area contributed by atoms with Crippen molar-refractivity contribution in [3.05, 3.63) is 76.7 Å². The van der Waals surface area contributed by atoms with Gasteiger partial charge in [-0.3, -0.25) is 34.4 Å². The summed E-state index contributed by atoms with van der Waals surface area (Å²) in [6.07, 6.45) is 11.8. The van der Waals surface area contributed by atoms with Crippen LogP contribution in [0.5, 0.6) is 11.5 Å². The van der Waals surface area contributed by atoms with Gasteiger partial charge in [-0.1, -0.05) is 0 Å². The fraction of sp³-hybridized carbons (Fsp3) is 0.421. The molecule has 0 bridgehead atoms. The largest absolute Gasteiger partial charge is 0.496 e. The number of pyridine rings is 3. The minimum Gasteiger partial charge on any atom is -0.496 e. The first-order chi connectivity index (χ1) is 24.7. The molecule has 3 aliphatic heterocycles. The molecule has 3 aromatic heterocycles. The highest BCUT2D eigenvalue weighted by Crippen LogP contribution is 2.44. The van der Waals surface area contributed by atoms with Crippen molar-refractivity contribution in [1.82, 2.24) is 30.1 Å². The lowest BCUT2D eigenvalue weighted by atomic mass is 9.71. The molecule has 1 atom stereocenters. The van der Waals surface area contributed by atoms with Crippen LogP contribution < -0.4 is 30.6 Å². The predicted octanol–water partition coefficient (Wildman–Crippen LogP) is 3.43. The van der Waals surface area contributed by atoms with E-state index in [9.17, 15) is 19.2 Å². The number of anilines is 1. The first kappa shape index (κ1) is 34.2. The van der Waals surface area contributed by atoms with Crippen molar-refractivity contribution < 1.29 is 23.9 Å². The third-order valence-corrected chi connectivity index (χ3v) is 10.9. The summed E-state index contributed by atoms with van der Waals surface area (Å²) in [5, 5.41) is 6.34. The molecule has 4 aromatic rings. The Kier molecular flexibility index (Phi) is 9.47. The second-order valence-electron chi connectivity index (χ2n) is 13.9. The van der Waals surface area contributed by atoms with E-state index in [1.807, 2.05) is 30.5 Å². The van der Waals surface area contributed by atoms with E-state index >= 15 is 0 Å². The minimum atomic E-state index is -0.733. The Balaban J connectivity index is 0.967. The van der Waals surface area contributed by atoms with Gasteiger partial charge in [-0.05, 0) is 91.9 Å². The molecule has 3 fully saturated rings. The number of carbonyl (C=O) groups excluding carboxylic acids is 3. The Morgan fingerprint density at radius 1 is 0.961 bits per heavy atom. The maximum Gasteiger partial charge on any atom is 0.270 e. The van der Waals surface area contributed by atoms with Gasteiger partial charge >= 0.3 is 0 Å². The number of carbonyl (C=O) groups is 3. The molecular weight excluding hydrogens is 650 g/mol. The first-order valence-electron chi connectivity index (χ1n) is 17.4. The molecule has 6 heterocycles. The number of benzene rings is 1. The summed E-state index contributed by atoms with van der Waals surface area (Å²) in [5.74, 6) is 0.272. The SMILES string of the molecule is COc1cc(-c2cn(C)c(=O)c3cnccc23)cc(OC)c1CN1CCC2(CC1)CCN(c1ccc(C(=O)NC3CCC(=O)NC3=O)nc1)CC2.